The minimum atomic E-state index is -3.77. The van der Waals surface area contributed by atoms with E-state index in [1.165, 1.54) is 0 Å². The smallest absolute Gasteiger partial charge is 0.262 e. The Kier molecular flexibility index (Phi) is 6.01. The third-order valence-corrected chi connectivity index (χ3v) is 6.42. The van der Waals surface area contributed by atoms with E-state index in [1.54, 1.807) is 80.4 Å². The molecule has 0 unspecified atom stereocenters. The molecule has 0 aliphatic heterocycles. The van der Waals surface area contributed by atoms with Gasteiger partial charge in [-0.3, -0.25) is 4.72 Å². The highest BCUT2D eigenvalue weighted by Crippen LogP contribution is 2.28. The van der Waals surface area contributed by atoms with Gasteiger partial charge in [-0.25, -0.2) is 13.1 Å². The Hall–Kier alpha value is -3.92. The molecule has 9 nitrogen and oxygen atoms in total. The van der Waals surface area contributed by atoms with Crippen molar-refractivity contribution in [3.8, 4) is 23.2 Å². The minimum Gasteiger partial charge on any atom is -0.496 e. The maximum atomic E-state index is 12.9. The third kappa shape index (κ3) is 4.96. The first-order valence-corrected chi connectivity index (χ1v) is 11.6. The van der Waals surface area contributed by atoms with Crippen LogP contribution >= 0.6 is 0 Å². The zero-order valence-corrected chi connectivity index (χ0v) is 19.4. The average Bonchev–Trinajstić information content (AvgIpc) is 3.23. The number of aryl methyl sites for hydroxylation is 3. The maximum absolute atomic E-state index is 12.9. The molecule has 0 amide bonds. The van der Waals surface area contributed by atoms with Gasteiger partial charge in [0.15, 0.2) is 5.82 Å². The number of methoxy groups -OCH3 is 1. The molecule has 1 N–H and O–H groups in total. The van der Waals surface area contributed by atoms with Crippen LogP contribution in [0.15, 0.2) is 65.7 Å². The Morgan fingerprint density at radius 1 is 0.909 bits per heavy atom. The van der Waals surface area contributed by atoms with Gasteiger partial charge >= 0.3 is 0 Å². The normalized spacial score (nSPS) is 11.3. The predicted octanol–water partition coefficient (Wildman–Crippen LogP) is 4.19. The average molecular weight is 466 g/mol. The van der Waals surface area contributed by atoms with Gasteiger partial charge in [-0.15, -0.1) is 10.2 Å². The number of hydrogen-bond donors (Lipinski definition) is 1. The molecule has 0 aliphatic rings. The van der Waals surface area contributed by atoms with Crippen molar-refractivity contribution in [2.45, 2.75) is 25.7 Å². The van der Waals surface area contributed by atoms with E-state index in [0.29, 0.717) is 34.4 Å². The molecule has 170 valence electrons. The Morgan fingerprint density at radius 3 is 2.27 bits per heavy atom. The second-order valence-electron chi connectivity index (χ2n) is 7.45. The topological polar surface area (TPSA) is 108 Å². The van der Waals surface area contributed by atoms with Crippen molar-refractivity contribution >= 4 is 15.7 Å². The van der Waals surface area contributed by atoms with Gasteiger partial charge in [-0.05, 0) is 80.4 Å². The highest BCUT2D eigenvalue weighted by atomic mass is 32.2. The monoisotopic (exact) mass is 465 g/mol. The van der Waals surface area contributed by atoms with Crippen LogP contribution < -0.4 is 14.2 Å². The predicted molar refractivity (Wildman–Crippen MR) is 124 cm³/mol. The standard InChI is InChI=1S/C23H23N5O4S/c1-15-14-21(16(2)13-20(15)31-4)33(29,30)27-18-5-7-19(8-6-18)32-23-10-9-22(24-25-23)28-12-11-17(3)26-28/h5-14,27H,1-4H3. The number of hydrogen-bond acceptors (Lipinski definition) is 7. The van der Waals surface area contributed by atoms with Gasteiger partial charge < -0.3 is 9.47 Å². The summed E-state index contributed by atoms with van der Waals surface area (Å²) in [6.45, 7) is 5.42. The van der Waals surface area contributed by atoms with Crippen LogP contribution in [0.3, 0.4) is 0 Å². The summed E-state index contributed by atoms with van der Waals surface area (Å²) in [6.07, 6.45) is 1.80. The molecule has 4 rings (SSSR count). The molecular weight excluding hydrogens is 442 g/mol. The van der Waals surface area contributed by atoms with E-state index in [2.05, 4.69) is 20.0 Å². The van der Waals surface area contributed by atoms with E-state index in [0.717, 1.165) is 11.3 Å². The zero-order chi connectivity index (χ0) is 23.6. The Morgan fingerprint density at radius 2 is 1.67 bits per heavy atom. The van der Waals surface area contributed by atoms with Gasteiger partial charge in [0.1, 0.15) is 11.5 Å². The van der Waals surface area contributed by atoms with Crippen molar-refractivity contribution in [1.82, 2.24) is 20.0 Å². The number of anilines is 1. The fourth-order valence-corrected chi connectivity index (χ4v) is 4.60. The molecular formula is C23H23N5O4S. The quantitative estimate of drug-likeness (QED) is 0.436. The molecule has 0 saturated heterocycles. The largest absolute Gasteiger partial charge is 0.496 e. The van der Waals surface area contributed by atoms with Gasteiger partial charge in [-0.1, -0.05) is 0 Å². The summed E-state index contributed by atoms with van der Waals surface area (Å²) >= 11 is 0. The molecule has 2 heterocycles. The lowest BCUT2D eigenvalue weighted by molar-refractivity contribution is 0.411. The van der Waals surface area contributed by atoms with E-state index in [9.17, 15) is 8.42 Å². The van der Waals surface area contributed by atoms with Crippen LogP contribution in [-0.4, -0.2) is 35.5 Å². The molecule has 4 aromatic rings. The fourth-order valence-electron chi connectivity index (χ4n) is 3.23. The molecule has 0 bridgehead atoms. The number of sulfonamides is 1. The van der Waals surface area contributed by atoms with Crippen LogP contribution in [0.25, 0.3) is 5.82 Å². The first kappa shape index (κ1) is 22.3. The Labute approximate surface area is 192 Å². The van der Waals surface area contributed by atoms with Crippen molar-refractivity contribution in [3.05, 3.63) is 77.6 Å². The van der Waals surface area contributed by atoms with Crippen molar-refractivity contribution in [3.63, 3.8) is 0 Å². The molecule has 0 atom stereocenters. The number of benzene rings is 2. The maximum Gasteiger partial charge on any atom is 0.262 e. The molecule has 0 spiro atoms. The third-order valence-electron chi connectivity index (χ3n) is 4.89. The molecule has 0 saturated carbocycles. The summed E-state index contributed by atoms with van der Waals surface area (Å²) in [5, 5.41) is 12.5. The number of rotatable bonds is 7. The van der Waals surface area contributed by atoms with Crippen LogP contribution in [0.1, 0.15) is 16.8 Å². The number of ether oxygens (including phenoxy) is 2. The van der Waals surface area contributed by atoms with E-state index in [4.69, 9.17) is 9.47 Å². The minimum absolute atomic E-state index is 0.198. The lowest BCUT2D eigenvalue weighted by Gasteiger charge is -2.14. The summed E-state index contributed by atoms with van der Waals surface area (Å²) in [7, 11) is -2.22. The first-order chi connectivity index (χ1) is 15.7. The van der Waals surface area contributed by atoms with Gasteiger partial charge in [0.05, 0.1) is 17.7 Å². The van der Waals surface area contributed by atoms with Gasteiger partial charge in [-0.2, -0.15) is 5.10 Å². The van der Waals surface area contributed by atoms with Crippen LogP contribution in [0.4, 0.5) is 5.69 Å². The van der Waals surface area contributed by atoms with Crippen molar-refractivity contribution in [2.24, 2.45) is 0 Å². The van der Waals surface area contributed by atoms with E-state index >= 15 is 0 Å². The second-order valence-corrected chi connectivity index (χ2v) is 9.10. The van der Waals surface area contributed by atoms with Crippen LogP contribution in [0.2, 0.25) is 0 Å². The Bertz CT molecular complexity index is 1380. The molecule has 2 aromatic heterocycles. The van der Waals surface area contributed by atoms with Crippen LogP contribution in [0, 0.1) is 20.8 Å². The number of nitrogens with one attached hydrogen (secondary N) is 1. The summed E-state index contributed by atoms with van der Waals surface area (Å²) in [5.74, 6) is 2.01. The van der Waals surface area contributed by atoms with Gasteiger partial charge in [0, 0.05) is 18.0 Å². The molecule has 10 heteroatoms. The molecule has 0 aliphatic carbocycles. The SMILES string of the molecule is COc1cc(C)c(S(=O)(=O)Nc2ccc(Oc3ccc(-n4ccc(C)n4)nn3)cc2)cc1C. The number of aromatic nitrogens is 4. The highest BCUT2D eigenvalue weighted by molar-refractivity contribution is 7.92. The van der Waals surface area contributed by atoms with E-state index in [-0.39, 0.29) is 4.90 Å². The van der Waals surface area contributed by atoms with Gasteiger partial charge in [0.2, 0.25) is 5.88 Å². The number of nitrogens with zero attached hydrogens (tertiary/aromatic N) is 4. The van der Waals surface area contributed by atoms with E-state index < -0.39 is 10.0 Å². The summed E-state index contributed by atoms with van der Waals surface area (Å²) < 4.78 is 41.0. The first-order valence-electron chi connectivity index (χ1n) is 10.1. The van der Waals surface area contributed by atoms with Crippen LogP contribution in [0.5, 0.6) is 17.4 Å². The summed E-state index contributed by atoms with van der Waals surface area (Å²) in [4.78, 5) is 0.198. The summed E-state index contributed by atoms with van der Waals surface area (Å²) in [6, 6.07) is 15.1. The lowest BCUT2D eigenvalue weighted by atomic mass is 10.1. The Balaban J connectivity index is 1.46. The highest BCUT2D eigenvalue weighted by Gasteiger charge is 2.19. The lowest BCUT2D eigenvalue weighted by Crippen LogP contribution is -2.14. The second kappa shape index (κ2) is 8.91. The molecule has 2 aromatic carbocycles. The fraction of sp³-hybridized carbons (Fsp3) is 0.174. The van der Waals surface area contributed by atoms with Gasteiger partial charge in [0.25, 0.3) is 10.0 Å². The van der Waals surface area contributed by atoms with E-state index in [1.807, 2.05) is 13.0 Å². The molecule has 0 radical (unpaired) electrons. The zero-order valence-electron chi connectivity index (χ0n) is 18.6. The van der Waals surface area contributed by atoms with Crippen molar-refractivity contribution in [1.29, 1.82) is 0 Å². The van der Waals surface area contributed by atoms with Crippen molar-refractivity contribution < 1.29 is 17.9 Å². The molecule has 0 fully saturated rings. The molecule has 33 heavy (non-hydrogen) atoms. The van der Waals surface area contributed by atoms with Crippen LogP contribution in [-0.2, 0) is 10.0 Å². The van der Waals surface area contributed by atoms with Crippen molar-refractivity contribution in [2.75, 3.05) is 11.8 Å². The summed E-state index contributed by atoms with van der Waals surface area (Å²) in [5.41, 5.74) is 2.62.